The predicted octanol–water partition coefficient (Wildman–Crippen LogP) is 4.01. The fourth-order valence-electron chi connectivity index (χ4n) is 2.81. The van der Waals surface area contributed by atoms with Gasteiger partial charge in [0, 0.05) is 33.4 Å². The lowest BCUT2D eigenvalue weighted by Gasteiger charge is -2.07. The molecule has 0 aliphatic rings. The van der Waals surface area contributed by atoms with Crippen LogP contribution in [-0.4, -0.2) is 23.6 Å². The number of nitrogens with zero attached hydrogens (tertiary/aromatic N) is 2. The zero-order valence-electron chi connectivity index (χ0n) is 15.0. The zero-order valence-corrected chi connectivity index (χ0v) is 15.7. The number of para-hydroxylation sites is 1. The second-order valence-electron chi connectivity index (χ2n) is 5.95. The van der Waals surface area contributed by atoms with Gasteiger partial charge in [0.25, 0.3) is 0 Å². The number of anilines is 1. The van der Waals surface area contributed by atoms with Crippen LogP contribution in [0.5, 0.6) is 0 Å². The minimum Gasteiger partial charge on any atom is -0.465 e. The van der Waals surface area contributed by atoms with Crippen molar-refractivity contribution in [1.82, 2.24) is 4.57 Å². The van der Waals surface area contributed by atoms with Crippen molar-refractivity contribution in [3.8, 4) is 6.07 Å². The Morgan fingerprint density at radius 2 is 1.93 bits per heavy atom. The van der Waals surface area contributed by atoms with E-state index in [4.69, 9.17) is 11.6 Å². The van der Waals surface area contributed by atoms with Crippen molar-refractivity contribution in [2.75, 3.05) is 12.4 Å². The molecule has 1 N–H and O–H groups in total. The lowest BCUT2D eigenvalue weighted by Crippen LogP contribution is -2.18. The molecule has 0 atom stereocenters. The highest BCUT2D eigenvalue weighted by Crippen LogP contribution is 2.24. The molecule has 1 amide bonds. The Labute approximate surface area is 166 Å². The molecule has 0 aliphatic carbocycles. The van der Waals surface area contributed by atoms with E-state index in [0.29, 0.717) is 16.3 Å². The number of benzene rings is 2. The molecule has 0 spiro atoms. The van der Waals surface area contributed by atoms with Gasteiger partial charge in [0.2, 0.25) is 5.91 Å². The Morgan fingerprint density at radius 1 is 1.21 bits per heavy atom. The van der Waals surface area contributed by atoms with E-state index in [0.717, 1.165) is 10.9 Å². The first-order valence-electron chi connectivity index (χ1n) is 8.35. The smallest absolute Gasteiger partial charge is 0.348 e. The summed E-state index contributed by atoms with van der Waals surface area (Å²) in [6, 6.07) is 16.1. The second kappa shape index (κ2) is 8.42. The van der Waals surface area contributed by atoms with Crippen LogP contribution >= 0.6 is 11.6 Å². The molecule has 0 bridgehead atoms. The Kier molecular flexibility index (Phi) is 5.78. The Morgan fingerprint density at radius 3 is 2.61 bits per heavy atom. The minimum absolute atomic E-state index is 0.0666. The molecule has 3 aromatic rings. The van der Waals surface area contributed by atoms with Gasteiger partial charge >= 0.3 is 5.97 Å². The number of carbonyl (C=O) groups excluding carboxylic acids is 2. The topological polar surface area (TPSA) is 84.1 Å². The van der Waals surface area contributed by atoms with Gasteiger partial charge in [-0.2, -0.15) is 5.26 Å². The van der Waals surface area contributed by atoms with Gasteiger partial charge in [-0.05, 0) is 36.4 Å². The molecule has 6 nitrogen and oxygen atoms in total. The monoisotopic (exact) mass is 393 g/mol. The average Bonchev–Trinajstić information content (AvgIpc) is 3.04. The molecule has 0 saturated heterocycles. The van der Waals surface area contributed by atoms with E-state index in [2.05, 4.69) is 10.1 Å². The molecule has 0 fully saturated rings. The maximum Gasteiger partial charge on any atom is 0.348 e. The van der Waals surface area contributed by atoms with E-state index in [-0.39, 0.29) is 18.0 Å². The molecule has 2 aromatic carbocycles. The molecule has 0 unspecified atom stereocenters. The van der Waals surface area contributed by atoms with Crippen molar-refractivity contribution in [3.05, 3.63) is 70.9 Å². The van der Waals surface area contributed by atoms with Crippen LogP contribution in [0.3, 0.4) is 0 Å². The van der Waals surface area contributed by atoms with Crippen LogP contribution in [0.1, 0.15) is 5.56 Å². The summed E-state index contributed by atoms with van der Waals surface area (Å²) >= 11 is 5.85. The SMILES string of the molecule is COC(=O)/C(C#N)=C/c1cn(CC(=O)Nc2ccc(Cl)cc2)c2ccccc12. The predicted molar refractivity (Wildman–Crippen MR) is 108 cm³/mol. The molecular weight excluding hydrogens is 378 g/mol. The van der Waals surface area contributed by atoms with Gasteiger partial charge in [-0.1, -0.05) is 29.8 Å². The molecule has 0 aliphatic heterocycles. The van der Waals surface area contributed by atoms with Crippen molar-refractivity contribution in [2.45, 2.75) is 6.54 Å². The number of esters is 1. The maximum absolute atomic E-state index is 12.4. The van der Waals surface area contributed by atoms with Crippen molar-refractivity contribution in [3.63, 3.8) is 0 Å². The minimum atomic E-state index is -0.709. The molecule has 1 heterocycles. The third kappa shape index (κ3) is 4.22. The summed E-state index contributed by atoms with van der Waals surface area (Å²) in [5.74, 6) is -0.924. The molecule has 3 rings (SSSR count). The highest BCUT2D eigenvalue weighted by molar-refractivity contribution is 6.30. The fourth-order valence-corrected chi connectivity index (χ4v) is 2.94. The number of amides is 1. The standard InChI is InChI=1S/C21H16ClN3O3/c1-28-21(27)14(11-23)10-15-12-25(19-5-3-2-4-18(15)19)13-20(26)24-17-8-6-16(22)7-9-17/h2-10,12H,13H2,1H3,(H,24,26)/b14-10+. The van der Waals surface area contributed by atoms with Crippen LogP contribution in [-0.2, 0) is 20.9 Å². The van der Waals surface area contributed by atoms with E-state index < -0.39 is 5.97 Å². The highest BCUT2D eigenvalue weighted by Gasteiger charge is 2.14. The number of methoxy groups -OCH3 is 1. The fraction of sp³-hybridized carbons (Fsp3) is 0.0952. The molecule has 1 aromatic heterocycles. The van der Waals surface area contributed by atoms with E-state index >= 15 is 0 Å². The molecule has 0 radical (unpaired) electrons. The summed E-state index contributed by atoms with van der Waals surface area (Å²) in [6.07, 6.45) is 3.19. The molecule has 0 saturated carbocycles. The van der Waals surface area contributed by atoms with Gasteiger partial charge in [-0.25, -0.2) is 4.79 Å². The summed E-state index contributed by atoms with van der Waals surface area (Å²) in [4.78, 5) is 24.1. The van der Waals surface area contributed by atoms with Gasteiger partial charge < -0.3 is 14.6 Å². The van der Waals surface area contributed by atoms with Gasteiger partial charge in [-0.3, -0.25) is 4.79 Å². The number of hydrogen-bond acceptors (Lipinski definition) is 4. The molecule has 28 heavy (non-hydrogen) atoms. The first-order chi connectivity index (χ1) is 13.5. The number of rotatable bonds is 5. The van der Waals surface area contributed by atoms with Gasteiger partial charge in [0.15, 0.2) is 0 Å². The Bertz CT molecular complexity index is 1110. The number of aromatic nitrogens is 1. The summed E-state index contributed by atoms with van der Waals surface area (Å²) in [7, 11) is 1.22. The third-order valence-electron chi connectivity index (χ3n) is 4.09. The third-order valence-corrected chi connectivity index (χ3v) is 4.34. The first kappa shape index (κ1) is 19.2. The zero-order chi connectivity index (χ0) is 20.1. The normalized spacial score (nSPS) is 11.1. The lowest BCUT2D eigenvalue weighted by atomic mass is 10.1. The van der Waals surface area contributed by atoms with E-state index in [9.17, 15) is 14.9 Å². The second-order valence-corrected chi connectivity index (χ2v) is 6.38. The summed E-state index contributed by atoms with van der Waals surface area (Å²) < 4.78 is 6.39. The number of nitriles is 1. The summed E-state index contributed by atoms with van der Waals surface area (Å²) in [6.45, 7) is 0.0666. The van der Waals surface area contributed by atoms with Crippen LogP contribution in [0.2, 0.25) is 5.02 Å². The van der Waals surface area contributed by atoms with Crippen molar-refractivity contribution in [2.24, 2.45) is 0 Å². The van der Waals surface area contributed by atoms with E-state index in [1.165, 1.54) is 13.2 Å². The van der Waals surface area contributed by atoms with Gasteiger partial charge in [-0.15, -0.1) is 0 Å². The molecule has 140 valence electrons. The van der Waals surface area contributed by atoms with Crippen LogP contribution < -0.4 is 5.32 Å². The quantitative estimate of drug-likeness (QED) is 0.403. The number of fused-ring (bicyclic) bond motifs is 1. The van der Waals surface area contributed by atoms with Crippen LogP contribution in [0.15, 0.2) is 60.3 Å². The lowest BCUT2D eigenvalue weighted by molar-refractivity contribution is -0.135. The van der Waals surface area contributed by atoms with Crippen molar-refractivity contribution in [1.29, 1.82) is 5.26 Å². The summed E-state index contributed by atoms with van der Waals surface area (Å²) in [5, 5.41) is 13.4. The van der Waals surface area contributed by atoms with E-state index in [1.807, 2.05) is 30.3 Å². The average molecular weight is 394 g/mol. The number of hydrogen-bond donors (Lipinski definition) is 1. The number of carbonyl (C=O) groups is 2. The first-order valence-corrected chi connectivity index (χ1v) is 8.73. The Hall–Kier alpha value is -3.56. The number of halogens is 1. The van der Waals surface area contributed by atoms with Gasteiger partial charge in [0.1, 0.15) is 18.2 Å². The van der Waals surface area contributed by atoms with Crippen LogP contribution in [0, 0.1) is 11.3 Å². The summed E-state index contributed by atoms with van der Waals surface area (Å²) in [5.41, 5.74) is 1.98. The van der Waals surface area contributed by atoms with E-state index in [1.54, 1.807) is 35.0 Å². The van der Waals surface area contributed by atoms with Crippen LogP contribution in [0.4, 0.5) is 5.69 Å². The van der Waals surface area contributed by atoms with Crippen molar-refractivity contribution < 1.29 is 14.3 Å². The number of ether oxygens (including phenoxy) is 1. The highest BCUT2D eigenvalue weighted by atomic mass is 35.5. The van der Waals surface area contributed by atoms with Crippen LogP contribution in [0.25, 0.3) is 17.0 Å². The van der Waals surface area contributed by atoms with Gasteiger partial charge in [0.05, 0.1) is 7.11 Å². The largest absolute Gasteiger partial charge is 0.465 e. The number of nitrogens with one attached hydrogen (secondary N) is 1. The maximum atomic E-state index is 12.4. The molecule has 7 heteroatoms. The van der Waals surface area contributed by atoms with Crippen molar-refractivity contribution >= 4 is 46.1 Å². The molecular formula is C21H16ClN3O3. The Balaban J connectivity index is 1.91.